The highest BCUT2D eigenvalue weighted by molar-refractivity contribution is 7.09. The summed E-state index contributed by atoms with van der Waals surface area (Å²) >= 11 is 1.50. The summed E-state index contributed by atoms with van der Waals surface area (Å²) in [6.45, 7) is 3.93. The molecule has 0 atom stereocenters. The Morgan fingerprint density at radius 3 is 2.70 bits per heavy atom. The Hall–Kier alpha value is -1.95. The van der Waals surface area contributed by atoms with Gasteiger partial charge in [0, 0.05) is 28.7 Å². The van der Waals surface area contributed by atoms with Crippen LogP contribution in [-0.4, -0.2) is 22.8 Å². The van der Waals surface area contributed by atoms with Gasteiger partial charge in [-0.05, 0) is 26.0 Å². The number of halogens is 1. The van der Waals surface area contributed by atoms with E-state index in [0.29, 0.717) is 12.1 Å². The fraction of sp³-hybridized carbons (Fsp3) is 0.286. The van der Waals surface area contributed by atoms with E-state index in [1.165, 1.54) is 28.4 Å². The number of carbonyl (C=O) groups excluding carboxylic acids is 1. The minimum atomic E-state index is -0.462. The highest BCUT2D eigenvalue weighted by atomic mass is 32.1. The number of nitrogens with zero attached hydrogens (tertiary/aromatic N) is 2. The maximum absolute atomic E-state index is 13.6. The molecule has 2 rings (SSSR count). The van der Waals surface area contributed by atoms with Crippen molar-refractivity contribution in [3.8, 4) is 0 Å². The maximum atomic E-state index is 13.6. The highest BCUT2D eigenvalue weighted by Crippen LogP contribution is 2.20. The zero-order valence-electron chi connectivity index (χ0n) is 11.6. The van der Waals surface area contributed by atoms with E-state index in [2.05, 4.69) is 4.98 Å². The molecule has 0 saturated heterocycles. The Balaban J connectivity index is 2.21. The lowest BCUT2D eigenvalue weighted by Gasteiger charge is -2.17. The van der Waals surface area contributed by atoms with Crippen molar-refractivity contribution in [2.45, 2.75) is 20.4 Å². The van der Waals surface area contributed by atoms with Crippen molar-refractivity contribution in [1.82, 2.24) is 9.88 Å². The molecule has 0 saturated carbocycles. The number of nitrogens with two attached hydrogens (primary N) is 1. The molecule has 2 N–H and O–H groups in total. The smallest absolute Gasteiger partial charge is 0.254 e. The van der Waals surface area contributed by atoms with Gasteiger partial charge in [0.1, 0.15) is 5.82 Å². The standard InChI is InChI=1S/C14H16FN3OS/c1-8-11(15)4-10(5-12(8)16)14(19)18(3)6-13-9(2)17-7-20-13/h4-5,7H,6,16H2,1-3H3. The predicted molar refractivity (Wildman–Crippen MR) is 78.2 cm³/mol. The average molecular weight is 293 g/mol. The second kappa shape index (κ2) is 5.58. The van der Waals surface area contributed by atoms with Crippen LogP contribution in [0.4, 0.5) is 10.1 Å². The van der Waals surface area contributed by atoms with Crippen LogP contribution in [0.15, 0.2) is 17.6 Å². The summed E-state index contributed by atoms with van der Waals surface area (Å²) in [5.74, 6) is -0.723. The van der Waals surface area contributed by atoms with Crippen molar-refractivity contribution in [1.29, 1.82) is 0 Å². The second-order valence-corrected chi connectivity index (χ2v) is 5.63. The SMILES string of the molecule is Cc1ncsc1CN(C)C(=O)c1cc(N)c(C)c(F)c1. The third kappa shape index (κ3) is 2.80. The van der Waals surface area contributed by atoms with Crippen LogP contribution in [0.1, 0.15) is 26.5 Å². The van der Waals surface area contributed by atoms with Crippen molar-refractivity contribution < 1.29 is 9.18 Å². The zero-order chi connectivity index (χ0) is 14.9. The van der Waals surface area contributed by atoms with Crippen LogP contribution >= 0.6 is 11.3 Å². The molecular weight excluding hydrogens is 277 g/mol. The average Bonchev–Trinajstić information content (AvgIpc) is 2.80. The molecule has 0 spiro atoms. The van der Waals surface area contributed by atoms with Crippen LogP contribution in [0, 0.1) is 19.7 Å². The number of aryl methyl sites for hydroxylation is 1. The molecule has 0 radical (unpaired) electrons. The van der Waals surface area contributed by atoms with E-state index >= 15 is 0 Å². The van der Waals surface area contributed by atoms with Crippen LogP contribution in [0.25, 0.3) is 0 Å². The van der Waals surface area contributed by atoms with Crippen molar-refractivity contribution in [2.24, 2.45) is 0 Å². The Morgan fingerprint density at radius 1 is 1.45 bits per heavy atom. The molecule has 0 aliphatic carbocycles. The summed E-state index contributed by atoms with van der Waals surface area (Å²) in [4.78, 5) is 19.0. The van der Waals surface area contributed by atoms with Gasteiger partial charge in [0.2, 0.25) is 0 Å². The first-order chi connectivity index (χ1) is 9.40. The predicted octanol–water partition coefficient (Wildman–Crippen LogP) is 2.75. The van der Waals surface area contributed by atoms with Gasteiger partial charge in [-0.25, -0.2) is 9.37 Å². The molecule has 0 bridgehead atoms. The van der Waals surface area contributed by atoms with Gasteiger partial charge in [-0.1, -0.05) is 0 Å². The minimum absolute atomic E-state index is 0.260. The Kier molecular flexibility index (Phi) is 4.04. The largest absolute Gasteiger partial charge is 0.398 e. The van der Waals surface area contributed by atoms with Gasteiger partial charge >= 0.3 is 0 Å². The summed E-state index contributed by atoms with van der Waals surface area (Å²) in [6, 6.07) is 2.74. The van der Waals surface area contributed by atoms with Crippen LogP contribution in [0.5, 0.6) is 0 Å². The van der Waals surface area contributed by atoms with E-state index in [-0.39, 0.29) is 17.2 Å². The van der Waals surface area contributed by atoms with Gasteiger partial charge in [0.05, 0.1) is 17.7 Å². The lowest BCUT2D eigenvalue weighted by Crippen LogP contribution is -2.26. The molecule has 1 heterocycles. The van der Waals surface area contributed by atoms with Crippen molar-refractivity contribution in [2.75, 3.05) is 12.8 Å². The molecule has 1 aromatic heterocycles. The first-order valence-electron chi connectivity index (χ1n) is 6.10. The third-order valence-electron chi connectivity index (χ3n) is 3.20. The van der Waals surface area contributed by atoms with Gasteiger partial charge in [-0.2, -0.15) is 0 Å². The Labute approximate surface area is 121 Å². The van der Waals surface area contributed by atoms with Gasteiger partial charge in [0.15, 0.2) is 0 Å². The summed E-state index contributed by atoms with van der Waals surface area (Å²) in [5.41, 5.74) is 9.26. The highest BCUT2D eigenvalue weighted by Gasteiger charge is 2.16. The lowest BCUT2D eigenvalue weighted by atomic mass is 10.1. The monoisotopic (exact) mass is 293 g/mol. The topological polar surface area (TPSA) is 59.2 Å². The number of thiazole rings is 1. The number of benzene rings is 1. The molecule has 4 nitrogen and oxygen atoms in total. The summed E-state index contributed by atoms with van der Waals surface area (Å²) in [6.07, 6.45) is 0. The fourth-order valence-corrected chi connectivity index (χ4v) is 2.64. The normalized spacial score (nSPS) is 10.6. The number of amides is 1. The molecule has 6 heteroatoms. The summed E-state index contributed by atoms with van der Waals surface area (Å²) in [5, 5.41) is 0. The number of hydrogen-bond donors (Lipinski definition) is 1. The number of anilines is 1. The van der Waals surface area contributed by atoms with E-state index in [1.54, 1.807) is 19.5 Å². The van der Waals surface area contributed by atoms with E-state index < -0.39 is 5.82 Å². The van der Waals surface area contributed by atoms with Crippen molar-refractivity contribution in [3.05, 3.63) is 45.2 Å². The number of aromatic nitrogens is 1. The molecule has 0 fully saturated rings. The quantitative estimate of drug-likeness (QED) is 0.885. The number of nitrogen functional groups attached to an aromatic ring is 1. The summed E-state index contributed by atoms with van der Waals surface area (Å²) < 4.78 is 13.6. The molecule has 1 amide bonds. The Morgan fingerprint density at radius 2 is 2.15 bits per heavy atom. The molecular formula is C14H16FN3OS. The van der Waals surface area contributed by atoms with Crippen molar-refractivity contribution in [3.63, 3.8) is 0 Å². The van der Waals surface area contributed by atoms with E-state index in [4.69, 9.17) is 5.73 Å². The van der Waals surface area contributed by atoms with Crippen LogP contribution in [-0.2, 0) is 6.54 Å². The molecule has 0 unspecified atom stereocenters. The van der Waals surface area contributed by atoms with Gasteiger partial charge in [-0.15, -0.1) is 11.3 Å². The number of rotatable bonds is 3. The fourth-order valence-electron chi connectivity index (χ4n) is 1.81. The number of carbonyl (C=O) groups is 1. The first kappa shape index (κ1) is 14.5. The molecule has 0 aliphatic rings. The van der Waals surface area contributed by atoms with E-state index in [1.807, 2.05) is 6.92 Å². The maximum Gasteiger partial charge on any atom is 0.254 e. The van der Waals surface area contributed by atoms with Gasteiger partial charge in [0.25, 0.3) is 5.91 Å². The van der Waals surface area contributed by atoms with Gasteiger partial charge in [-0.3, -0.25) is 4.79 Å². The van der Waals surface area contributed by atoms with E-state index in [0.717, 1.165) is 10.6 Å². The molecule has 1 aromatic carbocycles. The van der Waals surface area contributed by atoms with E-state index in [9.17, 15) is 9.18 Å². The second-order valence-electron chi connectivity index (χ2n) is 4.69. The van der Waals surface area contributed by atoms with Crippen LogP contribution < -0.4 is 5.73 Å². The van der Waals surface area contributed by atoms with Crippen LogP contribution in [0.2, 0.25) is 0 Å². The number of hydrogen-bond acceptors (Lipinski definition) is 4. The lowest BCUT2D eigenvalue weighted by molar-refractivity contribution is 0.0786. The van der Waals surface area contributed by atoms with Crippen molar-refractivity contribution >= 4 is 22.9 Å². The summed E-state index contributed by atoms with van der Waals surface area (Å²) in [7, 11) is 1.68. The zero-order valence-corrected chi connectivity index (χ0v) is 12.4. The molecule has 20 heavy (non-hydrogen) atoms. The molecule has 106 valence electrons. The Bertz CT molecular complexity index is 631. The molecule has 2 aromatic rings. The first-order valence-corrected chi connectivity index (χ1v) is 6.98. The minimum Gasteiger partial charge on any atom is -0.398 e. The molecule has 0 aliphatic heterocycles. The van der Waals surface area contributed by atoms with Gasteiger partial charge < -0.3 is 10.6 Å². The third-order valence-corrected chi connectivity index (χ3v) is 4.12. The van der Waals surface area contributed by atoms with Crippen LogP contribution in [0.3, 0.4) is 0 Å².